The van der Waals surface area contributed by atoms with E-state index in [0.717, 1.165) is 0 Å². The van der Waals surface area contributed by atoms with E-state index in [9.17, 15) is 14.4 Å². The molecule has 0 aromatic heterocycles. The van der Waals surface area contributed by atoms with Gasteiger partial charge in [0.05, 0.1) is 0 Å². The topological polar surface area (TPSA) is 94.9 Å². The van der Waals surface area contributed by atoms with Gasteiger partial charge in [-0.25, -0.2) is 4.79 Å². The summed E-state index contributed by atoms with van der Waals surface area (Å²) in [5.74, 6) is -2.24. The largest absolute Gasteiger partial charge is 0.481 e. The van der Waals surface area contributed by atoms with Gasteiger partial charge in [0, 0.05) is 24.2 Å². The quantitative estimate of drug-likeness (QED) is 0.704. The number of aliphatic carboxylic acids is 2. The molecule has 0 bridgehead atoms. The molecule has 0 aliphatic carbocycles. The van der Waals surface area contributed by atoms with Crippen LogP contribution in [-0.4, -0.2) is 50.4 Å². The molecule has 1 fully saturated rings. The van der Waals surface area contributed by atoms with E-state index in [1.807, 2.05) is 0 Å². The number of nitrogens with zero attached hydrogens (tertiary/aromatic N) is 1. The highest BCUT2D eigenvalue weighted by atomic mass is 79.9. The summed E-state index contributed by atoms with van der Waals surface area (Å²) in [5, 5.41) is 17.5. The molecule has 1 saturated heterocycles. The van der Waals surface area contributed by atoms with Gasteiger partial charge >= 0.3 is 11.9 Å². The predicted molar refractivity (Wildman–Crippen MR) is 62.0 cm³/mol. The van der Waals surface area contributed by atoms with Crippen LogP contribution in [0.5, 0.6) is 0 Å². The lowest BCUT2D eigenvalue weighted by Crippen LogP contribution is -2.42. The lowest BCUT2D eigenvalue weighted by atomic mass is 10.1. The van der Waals surface area contributed by atoms with Crippen molar-refractivity contribution in [2.45, 2.75) is 36.6 Å². The molecule has 96 valence electrons. The van der Waals surface area contributed by atoms with Crippen molar-refractivity contribution in [3.8, 4) is 0 Å². The van der Waals surface area contributed by atoms with Gasteiger partial charge in [0.25, 0.3) is 0 Å². The minimum atomic E-state index is -1.08. The zero-order chi connectivity index (χ0) is 13.0. The van der Waals surface area contributed by atoms with Crippen molar-refractivity contribution in [3.05, 3.63) is 0 Å². The maximum atomic E-state index is 11.5. The molecular formula is C10H14BrNO5. The fourth-order valence-electron chi connectivity index (χ4n) is 1.85. The number of carbonyl (C=O) groups is 3. The smallest absolute Gasteiger partial charge is 0.326 e. The number of carboxylic acids is 2. The van der Waals surface area contributed by atoms with Crippen molar-refractivity contribution in [2.75, 3.05) is 6.54 Å². The molecule has 1 rings (SSSR count). The normalized spacial score (nSPS) is 21.6. The minimum absolute atomic E-state index is 0.0173. The van der Waals surface area contributed by atoms with E-state index in [1.54, 1.807) is 0 Å². The molecule has 2 unspecified atom stereocenters. The first-order valence-corrected chi connectivity index (χ1v) is 6.21. The number of carboxylic acid groups (broad SMARTS) is 2. The number of rotatable bonds is 6. The molecule has 1 heterocycles. The first-order valence-electron chi connectivity index (χ1n) is 5.30. The summed E-state index contributed by atoms with van der Waals surface area (Å²) in [6, 6.07) is -0.913. The summed E-state index contributed by atoms with van der Waals surface area (Å²) in [7, 11) is 0. The van der Waals surface area contributed by atoms with E-state index in [-0.39, 0.29) is 30.0 Å². The van der Waals surface area contributed by atoms with Gasteiger partial charge in [0.1, 0.15) is 6.04 Å². The van der Waals surface area contributed by atoms with E-state index < -0.39 is 18.0 Å². The lowest BCUT2D eigenvalue weighted by Gasteiger charge is -2.24. The van der Waals surface area contributed by atoms with Crippen LogP contribution >= 0.6 is 15.9 Å². The highest BCUT2D eigenvalue weighted by molar-refractivity contribution is 9.09. The van der Waals surface area contributed by atoms with Crippen LogP contribution in [0.15, 0.2) is 0 Å². The number of carbonyl (C=O) groups excluding carboxylic acids is 1. The average molecular weight is 308 g/mol. The Balaban J connectivity index is 2.57. The number of amides is 1. The SMILES string of the molecule is O=C(O)CCCC(C(=O)O)N1CC(Br)CC1=O. The maximum absolute atomic E-state index is 11.5. The van der Waals surface area contributed by atoms with Crippen molar-refractivity contribution in [3.63, 3.8) is 0 Å². The Kier molecular flexibility index (Phi) is 4.92. The number of likely N-dealkylation sites (tertiary alicyclic amines) is 1. The second-order valence-electron chi connectivity index (χ2n) is 3.99. The molecular weight excluding hydrogens is 294 g/mol. The van der Waals surface area contributed by atoms with Crippen molar-refractivity contribution in [1.29, 1.82) is 0 Å². The number of halogens is 1. The summed E-state index contributed by atoms with van der Waals surface area (Å²) >= 11 is 3.28. The van der Waals surface area contributed by atoms with Crippen molar-refractivity contribution in [2.24, 2.45) is 0 Å². The highest BCUT2D eigenvalue weighted by Gasteiger charge is 2.36. The summed E-state index contributed by atoms with van der Waals surface area (Å²) < 4.78 is 0. The third-order valence-electron chi connectivity index (χ3n) is 2.64. The van der Waals surface area contributed by atoms with Crippen LogP contribution in [0.1, 0.15) is 25.7 Å². The summed E-state index contributed by atoms with van der Waals surface area (Å²) in [5.41, 5.74) is 0. The molecule has 2 N–H and O–H groups in total. The van der Waals surface area contributed by atoms with Gasteiger partial charge in [0.15, 0.2) is 0 Å². The second-order valence-corrected chi connectivity index (χ2v) is 5.28. The average Bonchev–Trinajstić information content (AvgIpc) is 2.51. The number of hydrogen-bond acceptors (Lipinski definition) is 3. The zero-order valence-electron chi connectivity index (χ0n) is 9.13. The molecule has 0 spiro atoms. The minimum Gasteiger partial charge on any atom is -0.481 e. The van der Waals surface area contributed by atoms with Crippen LogP contribution in [0.2, 0.25) is 0 Å². The molecule has 0 saturated carbocycles. The van der Waals surface area contributed by atoms with Gasteiger partial charge in [-0.15, -0.1) is 0 Å². The Bertz CT molecular complexity index is 333. The standard InChI is InChI=1S/C10H14BrNO5/c11-6-4-8(13)12(5-6)7(10(16)17)2-1-3-9(14)15/h6-7H,1-5H2,(H,14,15)(H,16,17). The third-order valence-corrected chi connectivity index (χ3v) is 3.25. The van der Waals surface area contributed by atoms with Gasteiger partial charge in [-0.2, -0.15) is 0 Å². The molecule has 6 nitrogen and oxygen atoms in total. The Morgan fingerprint density at radius 3 is 2.53 bits per heavy atom. The first kappa shape index (κ1) is 14.0. The van der Waals surface area contributed by atoms with E-state index in [1.165, 1.54) is 4.90 Å². The summed E-state index contributed by atoms with van der Waals surface area (Å²) in [4.78, 5) is 34.2. The lowest BCUT2D eigenvalue weighted by molar-refractivity contribution is -0.149. The molecule has 17 heavy (non-hydrogen) atoms. The van der Waals surface area contributed by atoms with Gasteiger partial charge < -0.3 is 15.1 Å². The fraction of sp³-hybridized carbons (Fsp3) is 0.700. The number of hydrogen-bond donors (Lipinski definition) is 2. The van der Waals surface area contributed by atoms with Gasteiger partial charge in [-0.1, -0.05) is 15.9 Å². The molecule has 7 heteroatoms. The Morgan fingerprint density at radius 1 is 1.47 bits per heavy atom. The zero-order valence-corrected chi connectivity index (χ0v) is 10.7. The van der Waals surface area contributed by atoms with Crippen LogP contribution in [0.25, 0.3) is 0 Å². The monoisotopic (exact) mass is 307 g/mol. The predicted octanol–water partition coefficient (Wildman–Crippen LogP) is 0.690. The van der Waals surface area contributed by atoms with E-state index >= 15 is 0 Å². The van der Waals surface area contributed by atoms with Crippen molar-refractivity contribution >= 4 is 33.8 Å². The van der Waals surface area contributed by atoms with Crippen LogP contribution < -0.4 is 0 Å². The summed E-state index contributed by atoms with van der Waals surface area (Å²) in [6.45, 7) is 0.364. The highest BCUT2D eigenvalue weighted by Crippen LogP contribution is 2.22. The molecule has 2 atom stereocenters. The molecule has 0 radical (unpaired) electrons. The number of alkyl halides is 1. The Labute approximate surface area is 107 Å². The van der Waals surface area contributed by atoms with Crippen LogP contribution in [-0.2, 0) is 14.4 Å². The Morgan fingerprint density at radius 2 is 2.12 bits per heavy atom. The molecule has 1 aliphatic heterocycles. The third kappa shape index (κ3) is 3.99. The maximum Gasteiger partial charge on any atom is 0.326 e. The molecule has 1 aliphatic rings. The van der Waals surface area contributed by atoms with Crippen molar-refractivity contribution in [1.82, 2.24) is 4.90 Å². The first-order chi connectivity index (χ1) is 7.91. The van der Waals surface area contributed by atoms with Gasteiger partial charge in [0.2, 0.25) is 5.91 Å². The summed E-state index contributed by atoms with van der Waals surface area (Å²) in [6.07, 6.45) is 0.641. The van der Waals surface area contributed by atoms with Crippen molar-refractivity contribution < 1.29 is 24.6 Å². The molecule has 0 aromatic carbocycles. The Hall–Kier alpha value is -1.11. The second kappa shape index (κ2) is 6.00. The van der Waals surface area contributed by atoms with Gasteiger partial charge in [-0.3, -0.25) is 9.59 Å². The van der Waals surface area contributed by atoms with E-state index in [0.29, 0.717) is 13.0 Å². The van der Waals surface area contributed by atoms with E-state index in [2.05, 4.69) is 15.9 Å². The molecule has 1 amide bonds. The fourth-order valence-corrected chi connectivity index (χ4v) is 2.44. The molecule has 0 aromatic rings. The van der Waals surface area contributed by atoms with E-state index in [4.69, 9.17) is 10.2 Å². The van der Waals surface area contributed by atoms with Crippen LogP contribution in [0, 0.1) is 0 Å². The van der Waals surface area contributed by atoms with Crippen LogP contribution in [0.3, 0.4) is 0 Å². The van der Waals surface area contributed by atoms with Gasteiger partial charge in [-0.05, 0) is 12.8 Å². The van der Waals surface area contributed by atoms with Crippen LogP contribution in [0.4, 0.5) is 0 Å².